The molecule has 4 nitrogen and oxygen atoms in total. The van der Waals surface area contributed by atoms with Crippen LogP contribution in [0.3, 0.4) is 0 Å². The number of likely N-dealkylation sites (N-methyl/N-ethyl adjacent to an activating group) is 1. The SMILES string of the molecule is CN1C(=S)N(C2CCCCC2)C(=O)/C1=C/c1ccc(OCc2ccc(F)cc2)c(Br)c1. The number of nitrogens with zero attached hydrogens (tertiary/aromatic N) is 2. The van der Waals surface area contributed by atoms with Gasteiger partial charge in [-0.3, -0.25) is 9.69 Å². The number of thiocarbonyl (C=S) groups is 1. The van der Waals surface area contributed by atoms with Crippen molar-refractivity contribution in [2.45, 2.75) is 44.8 Å². The summed E-state index contributed by atoms with van der Waals surface area (Å²) in [6.07, 6.45) is 7.41. The number of benzene rings is 2. The van der Waals surface area contributed by atoms with Crippen molar-refractivity contribution < 1.29 is 13.9 Å². The van der Waals surface area contributed by atoms with Crippen LogP contribution in [0.1, 0.15) is 43.2 Å². The Bertz CT molecular complexity index is 1020. The molecule has 0 bridgehead atoms. The monoisotopic (exact) mass is 502 g/mol. The highest BCUT2D eigenvalue weighted by Crippen LogP contribution is 2.32. The van der Waals surface area contributed by atoms with E-state index in [4.69, 9.17) is 17.0 Å². The Kier molecular flexibility index (Phi) is 6.72. The molecule has 31 heavy (non-hydrogen) atoms. The number of amides is 1. The molecule has 1 saturated heterocycles. The average molecular weight is 503 g/mol. The summed E-state index contributed by atoms with van der Waals surface area (Å²) in [4.78, 5) is 16.7. The molecule has 2 fully saturated rings. The lowest BCUT2D eigenvalue weighted by molar-refractivity contribution is -0.124. The van der Waals surface area contributed by atoms with Gasteiger partial charge < -0.3 is 9.64 Å². The second kappa shape index (κ2) is 9.49. The van der Waals surface area contributed by atoms with Crippen LogP contribution in [0.5, 0.6) is 5.75 Å². The Morgan fingerprint density at radius 1 is 1.16 bits per heavy atom. The van der Waals surface area contributed by atoms with Gasteiger partial charge in [0.25, 0.3) is 5.91 Å². The van der Waals surface area contributed by atoms with Crippen molar-refractivity contribution in [3.05, 3.63) is 69.6 Å². The molecule has 4 rings (SSSR count). The van der Waals surface area contributed by atoms with Crippen LogP contribution in [0.2, 0.25) is 0 Å². The van der Waals surface area contributed by atoms with Crippen molar-refractivity contribution in [1.29, 1.82) is 0 Å². The van der Waals surface area contributed by atoms with E-state index in [1.807, 2.05) is 31.3 Å². The molecule has 1 aliphatic heterocycles. The summed E-state index contributed by atoms with van der Waals surface area (Å²) < 4.78 is 19.7. The first kappa shape index (κ1) is 22.0. The van der Waals surface area contributed by atoms with Crippen molar-refractivity contribution in [2.24, 2.45) is 0 Å². The number of hydrogen-bond acceptors (Lipinski definition) is 3. The van der Waals surface area contributed by atoms with Crippen molar-refractivity contribution in [1.82, 2.24) is 9.80 Å². The highest BCUT2D eigenvalue weighted by Gasteiger charge is 2.40. The second-order valence-electron chi connectivity index (χ2n) is 7.94. The Morgan fingerprint density at radius 2 is 1.87 bits per heavy atom. The minimum atomic E-state index is -0.268. The average Bonchev–Trinajstić information content (AvgIpc) is 2.98. The van der Waals surface area contributed by atoms with Crippen molar-refractivity contribution >= 4 is 45.2 Å². The van der Waals surface area contributed by atoms with E-state index in [0.29, 0.717) is 23.2 Å². The van der Waals surface area contributed by atoms with E-state index >= 15 is 0 Å². The van der Waals surface area contributed by atoms with Crippen molar-refractivity contribution in [3.63, 3.8) is 0 Å². The Balaban J connectivity index is 1.49. The first-order valence-electron chi connectivity index (χ1n) is 10.4. The highest BCUT2D eigenvalue weighted by atomic mass is 79.9. The number of ether oxygens (including phenoxy) is 1. The zero-order valence-electron chi connectivity index (χ0n) is 17.3. The molecule has 1 amide bonds. The number of hydrogen-bond donors (Lipinski definition) is 0. The number of carbonyl (C=O) groups is 1. The molecular weight excluding hydrogens is 479 g/mol. The molecule has 1 aliphatic carbocycles. The van der Waals surface area contributed by atoms with Crippen LogP contribution in [0, 0.1) is 5.82 Å². The van der Waals surface area contributed by atoms with Crippen LogP contribution in [-0.4, -0.2) is 33.9 Å². The molecule has 0 N–H and O–H groups in total. The lowest BCUT2D eigenvalue weighted by Gasteiger charge is -2.30. The van der Waals surface area contributed by atoms with Gasteiger partial charge in [0.2, 0.25) is 0 Å². The zero-order valence-corrected chi connectivity index (χ0v) is 19.7. The standard InChI is InChI=1S/C24H24BrFN2O2S/c1-27-21(23(29)28(24(27)31)19-5-3-2-4-6-19)14-17-9-12-22(20(25)13-17)30-15-16-7-10-18(26)11-8-16/h7-14,19H,2-6,15H2,1H3/b21-14-. The lowest BCUT2D eigenvalue weighted by atomic mass is 9.94. The van der Waals surface area contributed by atoms with Gasteiger partial charge in [0.1, 0.15) is 23.9 Å². The van der Waals surface area contributed by atoms with Crippen LogP contribution in [0.15, 0.2) is 52.6 Å². The van der Waals surface area contributed by atoms with Crippen LogP contribution >= 0.6 is 28.1 Å². The molecular formula is C24H24BrFN2O2S. The molecule has 2 aliphatic rings. The summed E-state index contributed by atoms with van der Waals surface area (Å²) in [6.45, 7) is 0.338. The molecule has 162 valence electrons. The van der Waals surface area contributed by atoms with E-state index in [2.05, 4.69) is 15.9 Å². The first-order chi connectivity index (χ1) is 14.9. The van der Waals surface area contributed by atoms with Gasteiger partial charge in [-0.2, -0.15) is 0 Å². The fourth-order valence-corrected chi connectivity index (χ4v) is 4.90. The molecule has 2 aromatic rings. The number of carbonyl (C=O) groups excluding carboxylic acids is 1. The molecule has 0 aromatic heterocycles. The third kappa shape index (κ3) is 4.83. The second-order valence-corrected chi connectivity index (χ2v) is 9.16. The fraction of sp³-hybridized carbons (Fsp3) is 0.333. The van der Waals surface area contributed by atoms with Gasteiger partial charge in [0, 0.05) is 13.1 Å². The van der Waals surface area contributed by atoms with Gasteiger partial charge in [-0.1, -0.05) is 37.5 Å². The summed E-state index contributed by atoms with van der Waals surface area (Å²) in [6, 6.07) is 12.1. The van der Waals surface area contributed by atoms with Gasteiger partial charge >= 0.3 is 0 Å². The molecule has 0 radical (unpaired) electrons. The first-order valence-corrected chi connectivity index (χ1v) is 11.6. The summed E-state index contributed by atoms with van der Waals surface area (Å²) >= 11 is 9.14. The quantitative estimate of drug-likeness (QED) is 0.376. The van der Waals surface area contributed by atoms with Gasteiger partial charge in [-0.25, -0.2) is 4.39 Å². The van der Waals surface area contributed by atoms with Gasteiger partial charge in [0.05, 0.1) is 4.47 Å². The predicted molar refractivity (Wildman–Crippen MR) is 127 cm³/mol. The zero-order chi connectivity index (χ0) is 22.0. The van der Waals surface area contributed by atoms with Crippen molar-refractivity contribution in [3.8, 4) is 5.75 Å². The number of rotatable bonds is 5. The molecule has 1 saturated carbocycles. The Hall–Kier alpha value is -2.25. The van der Waals surface area contributed by atoms with Gasteiger partial charge in [-0.05, 0) is 82.5 Å². The largest absolute Gasteiger partial charge is 0.488 e. The van der Waals surface area contributed by atoms with E-state index in [1.165, 1.54) is 18.6 Å². The third-order valence-corrected chi connectivity index (χ3v) is 6.89. The van der Waals surface area contributed by atoms with Crippen LogP contribution in [0.4, 0.5) is 4.39 Å². The van der Waals surface area contributed by atoms with E-state index in [0.717, 1.165) is 41.3 Å². The summed E-state index contributed by atoms with van der Waals surface area (Å²) in [7, 11) is 1.85. The maximum atomic E-state index is 13.1. The molecule has 0 unspecified atom stereocenters. The maximum absolute atomic E-state index is 13.1. The Labute approximate surface area is 195 Å². The normalized spacial score (nSPS) is 18.9. The molecule has 0 atom stereocenters. The van der Waals surface area contributed by atoms with Crippen molar-refractivity contribution in [2.75, 3.05) is 7.05 Å². The topological polar surface area (TPSA) is 32.8 Å². The third-order valence-electron chi connectivity index (χ3n) is 5.80. The van der Waals surface area contributed by atoms with E-state index < -0.39 is 0 Å². The predicted octanol–water partition coefficient (Wildman–Crippen LogP) is 5.90. The minimum Gasteiger partial charge on any atom is -0.488 e. The maximum Gasteiger partial charge on any atom is 0.277 e. The highest BCUT2D eigenvalue weighted by molar-refractivity contribution is 9.10. The minimum absolute atomic E-state index is 0.0211. The smallest absolute Gasteiger partial charge is 0.277 e. The Morgan fingerprint density at radius 3 is 2.55 bits per heavy atom. The van der Waals surface area contributed by atoms with Gasteiger partial charge in [0.15, 0.2) is 5.11 Å². The molecule has 0 spiro atoms. The lowest BCUT2D eigenvalue weighted by Crippen LogP contribution is -2.41. The fourth-order valence-electron chi connectivity index (χ4n) is 4.06. The summed E-state index contributed by atoms with van der Waals surface area (Å²) in [5, 5.41) is 0.585. The van der Waals surface area contributed by atoms with E-state index in [-0.39, 0.29) is 17.8 Å². The van der Waals surface area contributed by atoms with Crippen LogP contribution in [0.25, 0.3) is 6.08 Å². The molecule has 7 heteroatoms. The van der Waals surface area contributed by atoms with Crippen LogP contribution < -0.4 is 4.74 Å². The summed E-state index contributed by atoms with van der Waals surface area (Å²) in [5.74, 6) is 0.388. The van der Waals surface area contributed by atoms with Gasteiger partial charge in [-0.15, -0.1) is 0 Å². The van der Waals surface area contributed by atoms with E-state index in [1.54, 1.807) is 21.9 Å². The van der Waals surface area contributed by atoms with Crippen LogP contribution in [-0.2, 0) is 11.4 Å². The molecule has 2 aromatic carbocycles. The molecule has 1 heterocycles. The van der Waals surface area contributed by atoms with E-state index in [9.17, 15) is 9.18 Å². The number of halogens is 2. The summed E-state index contributed by atoms with van der Waals surface area (Å²) in [5.41, 5.74) is 2.35.